The van der Waals surface area contributed by atoms with Crippen molar-refractivity contribution in [3.8, 4) is 5.69 Å². The number of hydrogen-bond donors (Lipinski definition) is 0. The minimum Gasteiger partial charge on any atom is -0.395 e. The first-order valence-corrected chi connectivity index (χ1v) is 4.35. The highest BCUT2D eigenvalue weighted by molar-refractivity contribution is 6.30. The first-order valence-electron chi connectivity index (χ1n) is 3.98. The number of nitrogens with zero attached hydrogens (tertiary/aromatic N) is 2. The topological polar surface area (TPSA) is 48.0 Å². The van der Waals surface area contributed by atoms with Gasteiger partial charge < -0.3 is 4.42 Å². The summed E-state index contributed by atoms with van der Waals surface area (Å²) in [4.78, 5) is 11.2. The number of aromatic nitrogens is 2. The molecule has 14 heavy (non-hydrogen) atoms. The van der Waals surface area contributed by atoms with Gasteiger partial charge in [-0.3, -0.25) is 0 Å². The zero-order chi connectivity index (χ0) is 10.1. The summed E-state index contributed by atoms with van der Waals surface area (Å²) in [6.07, 6.45) is 1.10. The van der Waals surface area contributed by atoms with Crippen molar-refractivity contribution in [1.29, 1.82) is 0 Å². The van der Waals surface area contributed by atoms with Crippen LogP contribution in [0.1, 0.15) is 5.56 Å². The van der Waals surface area contributed by atoms with Crippen molar-refractivity contribution >= 4 is 11.6 Å². The summed E-state index contributed by atoms with van der Waals surface area (Å²) < 4.78 is 5.73. The van der Waals surface area contributed by atoms with Crippen LogP contribution in [-0.2, 0) is 0 Å². The van der Waals surface area contributed by atoms with Crippen LogP contribution in [0.15, 0.2) is 33.8 Å². The normalized spacial score (nSPS) is 10.4. The van der Waals surface area contributed by atoms with E-state index < -0.39 is 5.76 Å². The maximum absolute atomic E-state index is 11.2. The Hall–Kier alpha value is -1.55. The Morgan fingerprint density at radius 3 is 2.93 bits per heavy atom. The number of halogens is 1. The molecular weight excluding hydrogens is 204 g/mol. The summed E-state index contributed by atoms with van der Waals surface area (Å²) in [5, 5.41) is 4.32. The quantitative estimate of drug-likeness (QED) is 0.721. The molecule has 1 aromatic heterocycles. The highest BCUT2D eigenvalue weighted by Gasteiger charge is 2.06. The zero-order valence-corrected chi connectivity index (χ0v) is 8.15. The van der Waals surface area contributed by atoms with Crippen molar-refractivity contribution in [2.75, 3.05) is 0 Å². The molecule has 0 fully saturated rings. The van der Waals surface area contributed by atoms with Crippen LogP contribution in [0, 0.1) is 6.92 Å². The molecule has 4 nitrogen and oxygen atoms in total. The summed E-state index contributed by atoms with van der Waals surface area (Å²) in [5.41, 5.74) is 1.54. The molecule has 1 aromatic carbocycles. The average Bonchev–Trinajstić information content (AvgIpc) is 2.56. The van der Waals surface area contributed by atoms with E-state index in [4.69, 9.17) is 11.6 Å². The lowest BCUT2D eigenvalue weighted by Gasteiger charge is -2.02. The lowest BCUT2D eigenvalue weighted by Crippen LogP contribution is -2.14. The van der Waals surface area contributed by atoms with E-state index in [-0.39, 0.29) is 0 Å². The molecule has 0 radical (unpaired) electrons. The fraction of sp³-hybridized carbons (Fsp3) is 0.111. The summed E-state index contributed by atoms with van der Waals surface area (Å²) in [7, 11) is 0. The van der Waals surface area contributed by atoms with Gasteiger partial charge in [-0.1, -0.05) is 17.7 Å². The van der Waals surface area contributed by atoms with Gasteiger partial charge in [0.15, 0.2) is 0 Å². The molecular formula is C9H7ClN2O2. The van der Waals surface area contributed by atoms with Gasteiger partial charge in [-0.15, -0.1) is 5.10 Å². The molecule has 0 saturated heterocycles. The van der Waals surface area contributed by atoms with Gasteiger partial charge in [-0.2, -0.15) is 4.68 Å². The number of aryl methyl sites for hydroxylation is 1. The van der Waals surface area contributed by atoms with E-state index >= 15 is 0 Å². The average molecular weight is 211 g/mol. The predicted octanol–water partition coefficient (Wildman–Crippen LogP) is 1.79. The Bertz CT molecular complexity index is 516. The Morgan fingerprint density at radius 1 is 1.50 bits per heavy atom. The molecule has 5 heteroatoms. The molecule has 0 spiro atoms. The molecule has 0 saturated carbocycles. The van der Waals surface area contributed by atoms with Crippen molar-refractivity contribution in [2.24, 2.45) is 0 Å². The predicted molar refractivity (Wildman–Crippen MR) is 51.8 cm³/mol. The summed E-state index contributed by atoms with van der Waals surface area (Å²) in [6, 6.07) is 5.24. The van der Waals surface area contributed by atoms with Crippen molar-refractivity contribution in [2.45, 2.75) is 6.92 Å². The van der Waals surface area contributed by atoms with Crippen molar-refractivity contribution in [3.05, 3.63) is 45.7 Å². The van der Waals surface area contributed by atoms with Crippen LogP contribution >= 0.6 is 11.6 Å². The molecule has 0 aliphatic carbocycles. The second-order valence-corrected chi connectivity index (χ2v) is 3.28. The second-order valence-electron chi connectivity index (χ2n) is 2.85. The van der Waals surface area contributed by atoms with E-state index in [9.17, 15) is 4.79 Å². The van der Waals surface area contributed by atoms with Crippen LogP contribution in [0.4, 0.5) is 0 Å². The molecule has 1 heterocycles. The highest BCUT2D eigenvalue weighted by Crippen LogP contribution is 2.17. The van der Waals surface area contributed by atoms with Crippen molar-refractivity contribution in [1.82, 2.24) is 9.78 Å². The fourth-order valence-electron chi connectivity index (χ4n) is 1.18. The van der Waals surface area contributed by atoms with E-state index in [0.717, 1.165) is 12.0 Å². The summed E-state index contributed by atoms with van der Waals surface area (Å²) in [6.45, 7) is 1.87. The van der Waals surface area contributed by atoms with Gasteiger partial charge >= 0.3 is 5.76 Å². The van der Waals surface area contributed by atoms with Crippen LogP contribution in [0.5, 0.6) is 0 Å². The maximum atomic E-state index is 11.2. The van der Waals surface area contributed by atoms with Crippen molar-refractivity contribution < 1.29 is 4.42 Å². The minimum atomic E-state index is -0.518. The van der Waals surface area contributed by atoms with Gasteiger partial charge in [0, 0.05) is 5.02 Å². The first kappa shape index (κ1) is 9.02. The van der Waals surface area contributed by atoms with E-state index in [0.29, 0.717) is 10.7 Å². The molecule has 0 amide bonds. The molecule has 0 aliphatic heterocycles. The molecule has 2 aromatic rings. The first-order chi connectivity index (χ1) is 6.68. The lowest BCUT2D eigenvalue weighted by molar-refractivity contribution is 0.503. The fourth-order valence-corrected chi connectivity index (χ4v) is 1.35. The summed E-state index contributed by atoms with van der Waals surface area (Å²) in [5.74, 6) is -0.518. The number of benzene rings is 1. The van der Waals surface area contributed by atoms with E-state index in [1.54, 1.807) is 12.1 Å². The minimum absolute atomic E-state index is 0.518. The van der Waals surface area contributed by atoms with Crippen LogP contribution in [0.3, 0.4) is 0 Å². The Labute approximate surface area is 84.7 Å². The summed E-state index contributed by atoms with van der Waals surface area (Å²) >= 11 is 5.81. The van der Waals surface area contributed by atoms with Gasteiger partial charge in [0.1, 0.15) is 0 Å². The Kier molecular flexibility index (Phi) is 2.13. The third-order valence-corrected chi connectivity index (χ3v) is 2.12. The van der Waals surface area contributed by atoms with Crippen LogP contribution in [0.25, 0.3) is 5.69 Å². The molecule has 2 rings (SSSR count). The highest BCUT2D eigenvalue weighted by atomic mass is 35.5. The lowest BCUT2D eigenvalue weighted by atomic mass is 10.2. The molecule has 0 N–H and O–H groups in total. The van der Waals surface area contributed by atoms with E-state index in [1.165, 1.54) is 4.68 Å². The Morgan fingerprint density at radius 2 is 2.29 bits per heavy atom. The second kappa shape index (κ2) is 3.31. The maximum Gasteiger partial charge on any atom is 0.441 e. The molecule has 0 unspecified atom stereocenters. The SMILES string of the molecule is Cc1ccc(Cl)cc1-n1ncoc1=O. The van der Waals surface area contributed by atoms with Crippen molar-refractivity contribution in [3.63, 3.8) is 0 Å². The van der Waals surface area contributed by atoms with Gasteiger partial charge in [0.25, 0.3) is 0 Å². The third kappa shape index (κ3) is 1.44. The molecule has 0 aliphatic rings. The molecule has 0 atom stereocenters. The van der Waals surface area contributed by atoms with Crippen LogP contribution in [0.2, 0.25) is 5.02 Å². The molecule has 72 valence electrons. The third-order valence-electron chi connectivity index (χ3n) is 1.89. The molecule has 0 bridgehead atoms. The largest absolute Gasteiger partial charge is 0.441 e. The van der Waals surface area contributed by atoms with Gasteiger partial charge in [-0.05, 0) is 24.6 Å². The van der Waals surface area contributed by atoms with Crippen LogP contribution in [-0.4, -0.2) is 9.78 Å². The van der Waals surface area contributed by atoms with Gasteiger partial charge in [0.05, 0.1) is 5.69 Å². The zero-order valence-electron chi connectivity index (χ0n) is 7.40. The van der Waals surface area contributed by atoms with E-state index in [1.807, 2.05) is 13.0 Å². The smallest absolute Gasteiger partial charge is 0.395 e. The van der Waals surface area contributed by atoms with E-state index in [2.05, 4.69) is 9.52 Å². The number of rotatable bonds is 1. The number of hydrogen-bond acceptors (Lipinski definition) is 3. The van der Waals surface area contributed by atoms with Gasteiger partial charge in [0.2, 0.25) is 6.39 Å². The van der Waals surface area contributed by atoms with Crippen LogP contribution < -0.4 is 5.76 Å². The Balaban J connectivity index is 2.68. The van der Waals surface area contributed by atoms with Gasteiger partial charge in [-0.25, -0.2) is 4.79 Å². The standard InChI is InChI=1S/C9H7ClN2O2/c1-6-2-3-7(10)4-8(6)12-9(13)14-5-11-12/h2-5H,1H3. The monoisotopic (exact) mass is 210 g/mol.